The molecule has 1 aliphatic rings. The number of aryl methyl sites for hydroxylation is 1. The molecule has 1 atom stereocenters. The lowest BCUT2D eigenvalue weighted by Gasteiger charge is -2.32. The number of nitrogens with one attached hydrogen (secondary N) is 1. The third kappa shape index (κ3) is 4.18. The Kier molecular flexibility index (Phi) is 5.29. The molecular formula is C18H18F2N4O3. The summed E-state index contributed by atoms with van der Waals surface area (Å²) in [6.07, 6.45) is 1.07. The summed E-state index contributed by atoms with van der Waals surface area (Å²) >= 11 is 0. The Hall–Kier alpha value is -3.10. The van der Waals surface area contributed by atoms with Crippen LogP contribution in [-0.2, 0) is 18.4 Å². The van der Waals surface area contributed by atoms with Crippen molar-refractivity contribution in [3.05, 3.63) is 63.6 Å². The number of halogens is 2. The lowest BCUT2D eigenvalue weighted by Crippen LogP contribution is -2.52. The van der Waals surface area contributed by atoms with Crippen LogP contribution in [-0.4, -0.2) is 39.1 Å². The molecule has 0 aliphatic carbocycles. The van der Waals surface area contributed by atoms with E-state index in [1.807, 2.05) is 0 Å². The molecule has 1 aromatic carbocycles. The van der Waals surface area contributed by atoms with Crippen molar-refractivity contribution in [2.45, 2.75) is 25.4 Å². The van der Waals surface area contributed by atoms with Gasteiger partial charge in [0.2, 0.25) is 5.91 Å². The van der Waals surface area contributed by atoms with Gasteiger partial charge in [-0.3, -0.25) is 14.4 Å². The van der Waals surface area contributed by atoms with E-state index in [0.717, 1.165) is 16.8 Å². The lowest BCUT2D eigenvalue weighted by molar-refractivity contribution is -0.136. The molecule has 2 heterocycles. The van der Waals surface area contributed by atoms with Gasteiger partial charge in [-0.15, -0.1) is 0 Å². The number of hydrogen-bond donors (Lipinski definition) is 1. The molecule has 1 unspecified atom stereocenters. The third-order valence-corrected chi connectivity index (χ3v) is 4.41. The summed E-state index contributed by atoms with van der Waals surface area (Å²) in [6, 6.07) is 4.94. The van der Waals surface area contributed by atoms with Crippen LogP contribution in [0.15, 0.2) is 35.1 Å². The molecule has 0 saturated carbocycles. The Balaban J connectivity index is 1.69. The van der Waals surface area contributed by atoms with Gasteiger partial charge in [0.1, 0.15) is 23.4 Å². The van der Waals surface area contributed by atoms with E-state index in [9.17, 15) is 23.2 Å². The molecule has 1 fully saturated rings. The number of hydrogen-bond acceptors (Lipinski definition) is 4. The highest BCUT2D eigenvalue weighted by atomic mass is 19.1. The van der Waals surface area contributed by atoms with E-state index < -0.39 is 23.6 Å². The number of carbonyl (C=O) groups is 2. The minimum atomic E-state index is -0.770. The number of aromatic nitrogens is 2. The molecule has 1 N–H and O–H groups in total. The van der Waals surface area contributed by atoms with Crippen molar-refractivity contribution in [3.8, 4) is 0 Å². The highest BCUT2D eigenvalue weighted by molar-refractivity contribution is 5.96. The second-order valence-electron chi connectivity index (χ2n) is 6.34. The minimum absolute atomic E-state index is 0.00456. The maximum Gasteiger partial charge on any atom is 0.272 e. The summed E-state index contributed by atoms with van der Waals surface area (Å²) in [7, 11) is 1.42. The average Bonchev–Trinajstić information content (AvgIpc) is 2.62. The van der Waals surface area contributed by atoms with Crippen LogP contribution in [0.5, 0.6) is 0 Å². The van der Waals surface area contributed by atoms with Crippen LogP contribution in [0.1, 0.15) is 28.9 Å². The first-order valence-corrected chi connectivity index (χ1v) is 8.43. The SMILES string of the molecule is Cn1nc(C(=O)NC2CCCN(Cc3ccc(F)cc3F)C2=O)ccc1=O. The van der Waals surface area contributed by atoms with Gasteiger partial charge in [0, 0.05) is 37.8 Å². The number of likely N-dealkylation sites (tertiary alicyclic amines) is 1. The first-order chi connectivity index (χ1) is 12.8. The Bertz CT molecular complexity index is 944. The zero-order chi connectivity index (χ0) is 19.6. The van der Waals surface area contributed by atoms with E-state index in [-0.39, 0.29) is 29.3 Å². The fraction of sp³-hybridized carbons (Fsp3) is 0.333. The molecule has 27 heavy (non-hydrogen) atoms. The van der Waals surface area contributed by atoms with Gasteiger partial charge < -0.3 is 10.2 Å². The van der Waals surface area contributed by atoms with Crippen molar-refractivity contribution in [1.82, 2.24) is 20.0 Å². The molecule has 2 aromatic rings. The number of amides is 2. The summed E-state index contributed by atoms with van der Waals surface area (Å²) in [5.74, 6) is -2.32. The van der Waals surface area contributed by atoms with Crippen molar-refractivity contribution < 1.29 is 18.4 Å². The standard InChI is InChI=1S/C18H18F2N4O3/c1-23-16(25)7-6-14(22-23)17(26)21-15-3-2-8-24(18(15)27)10-11-4-5-12(19)9-13(11)20/h4-7,9,15H,2-3,8,10H2,1H3,(H,21,26). The first-order valence-electron chi connectivity index (χ1n) is 8.43. The topological polar surface area (TPSA) is 84.3 Å². The fourth-order valence-electron chi connectivity index (χ4n) is 2.94. The molecule has 2 amide bonds. The van der Waals surface area contributed by atoms with Gasteiger partial charge in [-0.2, -0.15) is 5.10 Å². The van der Waals surface area contributed by atoms with E-state index in [0.29, 0.717) is 19.4 Å². The van der Waals surface area contributed by atoms with Crippen LogP contribution in [0, 0.1) is 11.6 Å². The monoisotopic (exact) mass is 376 g/mol. The summed E-state index contributed by atoms with van der Waals surface area (Å²) in [5, 5.41) is 6.46. The molecule has 9 heteroatoms. The van der Waals surface area contributed by atoms with E-state index >= 15 is 0 Å². The summed E-state index contributed by atoms with van der Waals surface area (Å²) in [5.41, 5.74) is -0.129. The minimum Gasteiger partial charge on any atom is -0.339 e. The molecule has 0 radical (unpaired) electrons. The van der Waals surface area contributed by atoms with E-state index in [4.69, 9.17) is 0 Å². The van der Waals surface area contributed by atoms with Gasteiger partial charge in [-0.25, -0.2) is 13.5 Å². The van der Waals surface area contributed by atoms with Crippen LogP contribution < -0.4 is 10.9 Å². The van der Waals surface area contributed by atoms with Crippen molar-refractivity contribution >= 4 is 11.8 Å². The molecule has 0 spiro atoms. The smallest absolute Gasteiger partial charge is 0.272 e. The Labute approximate surface area is 153 Å². The van der Waals surface area contributed by atoms with Gasteiger partial charge in [-0.1, -0.05) is 6.07 Å². The first kappa shape index (κ1) is 18.7. The maximum absolute atomic E-state index is 13.8. The van der Waals surface area contributed by atoms with Gasteiger partial charge in [-0.05, 0) is 25.0 Å². The zero-order valence-electron chi connectivity index (χ0n) is 14.6. The number of piperidine rings is 1. The van der Waals surface area contributed by atoms with E-state index in [1.165, 1.54) is 30.1 Å². The van der Waals surface area contributed by atoms with Crippen LogP contribution in [0.25, 0.3) is 0 Å². The molecule has 1 aliphatic heterocycles. The van der Waals surface area contributed by atoms with Gasteiger partial charge in [0.05, 0.1) is 0 Å². The molecule has 0 bridgehead atoms. The molecule has 1 saturated heterocycles. The quantitative estimate of drug-likeness (QED) is 0.862. The van der Waals surface area contributed by atoms with Crippen LogP contribution in [0.3, 0.4) is 0 Å². The van der Waals surface area contributed by atoms with Crippen LogP contribution >= 0.6 is 0 Å². The predicted octanol–water partition coefficient (Wildman–Crippen LogP) is 0.979. The number of nitrogens with zero attached hydrogens (tertiary/aromatic N) is 3. The second kappa shape index (κ2) is 7.65. The van der Waals surface area contributed by atoms with Crippen molar-refractivity contribution in [2.75, 3.05) is 6.54 Å². The van der Waals surface area contributed by atoms with Crippen molar-refractivity contribution in [2.24, 2.45) is 7.05 Å². The molecule has 142 valence electrons. The summed E-state index contributed by atoms with van der Waals surface area (Å²) < 4.78 is 27.9. The number of benzene rings is 1. The maximum atomic E-state index is 13.8. The molecular weight excluding hydrogens is 358 g/mol. The predicted molar refractivity (Wildman–Crippen MR) is 91.7 cm³/mol. The third-order valence-electron chi connectivity index (χ3n) is 4.41. The highest BCUT2D eigenvalue weighted by Crippen LogP contribution is 2.18. The second-order valence-corrected chi connectivity index (χ2v) is 6.34. The highest BCUT2D eigenvalue weighted by Gasteiger charge is 2.31. The lowest BCUT2D eigenvalue weighted by atomic mass is 10.0. The Morgan fingerprint density at radius 3 is 2.74 bits per heavy atom. The Morgan fingerprint density at radius 2 is 2.04 bits per heavy atom. The van der Waals surface area contributed by atoms with Crippen LogP contribution in [0.2, 0.25) is 0 Å². The van der Waals surface area contributed by atoms with Crippen molar-refractivity contribution in [3.63, 3.8) is 0 Å². The van der Waals surface area contributed by atoms with Crippen molar-refractivity contribution in [1.29, 1.82) is 0 Å². The number of rotatable bonds is 4. The molecule has 7 nitrogen and oxygen atoms in total. The normalized spacial score (nSPS) is 17.1. The largest absolute Gasteiger partial charge is 0.339 e. The number of carbonyl (C=O) groups excluding carboxylic acids is 2. The van der Waals surface area contributed by atoms with E-state index in [2.05, 4.69) is 10.4 Å². The average molecular weight is 376 g/mol. The summed E-state index contributed by atoms with van der Waals surface area (Å²) in [6.45, 7) is 0.412. The zero-order valence-corrected chi connectivity index (χ0v) is 14.6. The molecule has 3 rings (SSSR count). The van der Waals surface area contributed by atoms with Gasteiger partial charge >= 0.3 is 0 Å². The summed E-state index contributed by atoms with van der Waals surface area (Å²) in [4.78, 5) is 37.7. The molecule has 1 aromatic heterocycles. The van der Waals surface area contributed by atoms with Gasteiger partial charge in [0.25, 0.3) is 11.5 Å². The van der Waals surface area contributed by atoms with Gasteiger partial charge in [0.15, 0.2) is 0 Å². The Morgan fingerprint density at radius 1 is 1.26 bits per heavy atom. The van der Waals surface area contributed by atoms with E-state index in [1.54, 1.807) is 0 Å². The van der Waals surface area contributed by atoms with Crippen LogP contribution in [0.4, 0.5) is 8.78 Å². The fourth-order valence-corrected chi connectivity index (χ4v) is 2.94.